The third-order valence-electron chi connectivity index (χ3n) is 8.69. The summed E-state index contributed by atoms with van der Waals surface area (Å²) < 4.78 is 5.57. The first-order valence-electron chi connectivity index (χ1n) is 16.8. The summed E-state index contributed by atoms with van der Waals surface area (Å²) in [6, 6.07) is 22.4. The molecule has 3 amide bonds. The van der Waals surface area contributed by atoms with Crippen molar-refractivity contribution in [1.82, 2.24) is 14.7 Å². The van der Waals surface area contributed by atoms with E-state index in [0.717, 1.165) is 88.8 Å². The number of urea groups is 1. The molecule has 0 aromatic heterocycles. The van der Waals surface area contributed by atoms with Crippen molar-refractivity contribution in [3.63, 3.8) is 0 Å². The second-order valence-corrected chi connectivity index (χ2v) is 13.3. The summed E-state index contributed by atoms with van der Waals surface area (Å²) in [6.07, 6.45) is 6.74. The number of hydrogen-bond acceptors (Lipinski definition) is 8. The van der Waals surface area contributed by atoms with E-state index in [9.17, 15) is 9.59 Å². The Bertz CT molecular complexity index is 1600. The zero-order valence-electron chi connectivity index (χ0n) is 27.8. The Kier molecular flexibility index (Phi) is 11.2. The number of carbonyl (C=O) groups is 2. The molecular formula is C37H45N7O3S. The van der Waals surface area contributed by atoms with Crippen molar-refractivity contribution in [1.29, 1.82) is 0 Å². The third kappa shape index (κ3) is 8.91. The van der Waals surface area contributed by atoms with Gasteiger partial charge in [-0.05, 0) is 79.7 Å². The van der Waals surface area contributed by atoms with E-state index < -0.39 is 0 Å². The van der Waals surface area contributed by atoms with Crippen LogP contribution in [-0.2, 0) is 4.74 Å². The van der Waals surface area contributed by atoms with E-state index in [-0.39, 0.29) is 11.9 Å². The molecule has 0 spiro atoms. The first-order valence-corrected chi connectivity index (χ1v) is 17.6. The molecule has 0 saturated carbocycles. The maximum atomic E-state index is 12.9. The molecule has 0 unspecified atom stereocenters. The molecule has 0 aliphatic carbocycles. The number of rotatable bonds is 10. The Hall–Kier alpha value is -4.45. The number of morpholine rings is 1. The van der Waals surface area contributed by atoms with Gasteiger partial charge in [-0.3, -0.25) is 4.79 Å². The van der Waals surface area contributed by atoms with Crippen LogP contribution >= 0.6 is 11.8 Å². The molecule has 3 N–H and O–H groups in total. The van der Waals surface area contributed by atoms with Crippen LogP contribution in [0.2, 0.25) is 0 Å². The minimum absolute atomic E-state index is 0.203. The molecular weight excluding hydrogens is 623 g/mol. The van der Waals surface area contributed by atoms with E-state index in [2.05, 4.69) is 61.9 Å². The van der Waals surface area contributed by atoms with E-state index in [1.165, 1.54) is 9.93 Å². The van der Waals surface area contributed by atoms with Crippen LogP contribution in [0, 0.1) is 0 Å². The van der Waals surface area contributed by atoms with Crippen LogP contribution in [0.4, 0.5) is 27.5 Å². The summed E-state index contributed by atoms with van der Waals surface area (Å²) in [7, 11) is 2.14. The number of unbranched alkanes of at least 4 members (excludes halogenated alkanes) is 1. The van der Waals surface area contributed by atoms with Crippen LogP contribution in [0.5, 0.6) is 0 Å². The summed E-state index contributed by atoms with van der Waals surface area (Å²) in [5.41, 5.74) is 4.80. The molecule has 3 aliphatic rings. The molecule has 0 radical (unpaired) electrons. The van der Waals surface area contributed by atoms with E-state index in [0.29, 0.717) is 16.9 Å². The zero-order valence-corrected chi connectivity index (χ0v) is 28.6. The number of nitrogens with zero attached hydrogens (tertiary/aromatic N) is 4. The van der Waals surface area contributed by atoms with Crippen molar-refractivity contribution in [3.05, 3.63) is 101 Å². The van der Waals surface area contributed by atoms with E-state index in [4.69, 9.17) is 4.74 Å². The number of nitrogens with one attached hydrogen (secondary N) is 3. The van der Waals surface area contributed by atoms with Gasteiger partial charge in [-0.1, -0.05) is 37.2 Å². The molecule has 0 bridgehead atoms. The number of thioether (sulfide) groups is 1. The first kappa shape index (κ1) is 33.5. The highest BCUT2D eigenvalue weighted by atomic mass is 32.2. The van der Waals surface area contributed by atoms with Gasteiger partial charge >= 0.3 is 6.03 Å². The third-order valence-corrected chi connectivity index (χ3v) is 9.83. The lowest BCUT2D eigenvalue weighted by molar-refractivity contribution is 0.0571. The number of hydrogen-bond donors (Lipinski definition) is 3. The highest BCUT2D eigenvalue weighted by Crippen LogP contribution is 2.40. The van der Waals surface area contributed by atoms with Gasteiger partial charge in [0.25, 0.3) is 5.91 Å². The Morgan fingerprint density at radius 2 is 1.33 bits per heavy atom. The molecule has 252 valence electrons. The number of piperazine rings is 1. The van der Waals surface area contributed by atoms with Crippen molar-refractivity contribution in [2.75, 3.05) is 86.9 Å². The average molecular weight is 668 g/mol. The molecule has 3 aromatic rings. The lowest BCUT2D eigenvalue weighted by Gasteiger charge is -2.34. The van der Waals surface area contributed by atoms with Crippen LogP contribution in [0.25, 0.3) is 4.91 Å². The summed E-state index contributed by atoms with van der Waals surface area (Å²) in [5, 5.41) is 9.98. The van der Waals surface area contributed by atoms with E-state index >= 15 is 0 Å². The fourth-order valence-electron chi connectivity index (χ4n) is 5.77. The van der Waals surface area contributed by atoms with Gasteiger partial charge < -0.3 is 40.3 Å². The highest BCUT2D eigenvalue weighted by molar-refractivity contribution is 8.11. The highest BCUT2D eigenvalue weighted by Gasteiger charge is 2.21. The van der Waals surface area contributed by atoms with Crippen molar-refractivity contribution in [2.45, 2.75) is 19.8 Å². The second-order valence-electron chi connectivity index (χ2n) is 12.3. The lowest BCUT2D eigenvalue weighted by Crippen LogP contribution is -2.44. The van der Waals surface area contributed by atoms with Gasteiger partial charge in [0.15, 0.2) is 0 Å². The normalized spacial score (nSPS) is 17.0. The number of ether oxygens (including phenoxy) is 1. The van der Waals surface area contributed by atoms with Gasteiger partial charge in [0.05, 0.1) is 18.2 Å². The maximum absolute atomic E-state index is 12.9. The van der Waals surface area contributed by atoms with Crippen molar-refractivity contribution >= 4 is 51.4 Å². The Labute approximate surface area is 287 Å². The van der Waals surface area contributed by atoms with Gasteiger partial charge in [0, 0.05) is 91.4 Å². The van der Waals surface area contributed by atoms with Crippen molar-refractivity contribution in [3.8, 4) is 0 Å². The standard InChI is InChI=1S/C37H45N7O3S/c1-3-4-17-42-26-34(48-35(27-42)44-22-24-47-25-23-44)28-5-9-31(10-6-28)39-37(46)40-32-11-7-29(8-12-32)36(45)38-30-13-15-33(16-14-30)43-20-18-41(2)19-21-43/h5-16,26-27H,3-4,17-25H2,1-2H3,(H,38,45)(H2,39,40,46). The number of benzene rings is 3. The van der Waals surface area contributed by atoms with Crippen LogP contribution in [0.3, 0.4) is 0 Å². The maximum Gasteiger partial charge on any atom is 0.323 e. The fraction of sp³-hybridized carbons (Fsp3) is 0.351. The minimum atomic E-state index is -0.352. The topological polar surface area (TPSA) is 92.4 Å². The zero-order chi connectivity index (χ0) is 33.3. The molecule has 3 aromatic carbocycles. The molecule has 0 atom stereocenters. The van der Waals surface area contributed by atoms with Gasteiger partial charge in [-0.15, -0.1) is 0 Å². The predicted octanol–water partition coefficient (Wildman–Crippen LogP) is 6.61. The molecule has 10 nitrogen and oxygen atoms in total. The monoisotopic (exact) mass is 667 g/mol. The number of amides is 3. The first-order chi connectivity index (χ1) is 23.4. The average Bonchev–Trinajstić information content (AvgIpc) is 3.12. The summed E-state index contributed by atoms with van der Waals surface area (Å²) in [6.45, 7) is 10.6. The minimum Gasteiger partial charge on any atom is -0.378 e. The van der Waals surface area contributed by atoms with E-state index in [1.54, 1.807) is 36.0 Å². The SMILES string of the molecule is CCCCN1C=C(c2ccc(NC(=O)Nc3ccc(C(=O)Nc4ccc(N5CCN(C)CC5)cc4)cc3)cc2)SC(N2CCOCC2)=C1. The molecule has 2 saturated heterocycles. The van der Waals surface area contributed by atoms with Crippen molar-refractivity contribution in [2.24, 2.45) is 0 Å². The summed E-state index contributed by atoms with van der Waals surface area (Å²) in [5.74, 6) is -0.203. The van der Waals surface area contributed by atoms with Crippen LogP contribution < -0.4 is 20.9 Å². The fourth-order valence-corrected chi connectivity index (χ4v) is 6.94. The Morgan fingerprint density at radius 1 is 0.729 bits per heavy atom. The molecule has 2 fully saturated rings. The molecule has 6 rings (SSSR count). The number of carbonyl (C=O) groups excluding carboxylic acids is 2. The molecule has 3 heterocycles. The van der Waals surface area contributed by atoms with Gasteiger partial charge in [-0.2, -0.15) is 0 Å². The molecule has 48 heavy (non-hydrogen) atoms. The Balaban J connectivity index is 0.999. The largest absolute Gasteiger partial charge is 0.378 e. The lowest BCUT2D eigenvalue weighted by atomic mass is 10.1. The van der Waals surface area contributed by atoms with Crippen molar-refractivity contribution < 1.29 is 14.3 Å². The van der Waals surface area contributed by atoms with Crippen LogP contribution in [0.1, 0.15) is 35.7 Å². The summed E-state index contributed by atoms with van der Waals surface area (Å²) in [4.78, 5) is 36.2. The quantitative estimate of drug-likeness (QED) is 0.223. The predicted molar refractivity (Wildman–Crippen MR) is 197 cm³/mol. The molecule has 11 heteroatoms. The molecule has 3 aliphatic heterocycles. The summed E-state index contributed by atoms with van der Waals surface area (Å²) >= 11 is 1.78. The van der Waals surface area contributed by atoms with Gasteiger partial charge in [-0.25, -0.2) is 4.79 Å². The Morgan fingerprint density at radius 3 is 1.98 bits per heavy atom. The van der Waals surface area contributed by atoms with Gasteiger partial charge in [0.1, 0.15) is 0 Å². The van der Waals surface area contributed by atoms with Crippen LogP contribution in [-0.4, -0.2) is 92.7 Å². The number of anilines is 4. The smallest absolute Gasteiger partial charge is 0.323 e. The van der Waals surface area contributed by atoms with E-state index in [1.807, 2.05) is 48.5 Å². The van der Waals surface area contributed by atoms with Gasteiger partial charge in [0.2, 0.25) is 0 Å². The number of likely N-dealkylation sites (N-methyl/N-ethyl adjacent to an activating group) is 1. The van der Waals surface area contributed by atoms with Crippen LogP contribution in [0.15, 0.2) is 90.2 Å². The second kappa shape index (κ2) is 16.1.